The molecule has 5 rings (SSSR count). The van der Waals surface area contributed by atoms with Crippen LogP contribution in [0.5, 0.6) is 5.75 Å². The minimum absolute atomic E-state index is 0.617. The normalized spacial score (nSPS) is 12.5. The molecule has 0 aliphatic rings. The van der Waals surface area contributed by atoms with Gasteiger partial charge in [-0.15, -0.1) is 11.3 Å². The third-order valence-corrected chi connectivity index (χ3v) is 8.04. The molecule has 0 unspecified atom stereocenters. The van der Waals surface area contributed by atoms with Gasteiger partial charge in [-0.3, -0.25) is 0 Å². The summed E-state index contributed by atoms with van der Waals surface area (Å²) in [5, 5.41) is 14.2. The molecule has 6 heteroatoms. The average Bonchev–Trinajstić information content (AvgIpc) is 3.12. The molecular formula is C25H16I2O3S. The number of hydrogen-bond donors (Lipinski definition) is 1. The van der Waals surface area contributed by atoms with E-state index in [1.165, 1.54) is 36.5 Å². The van der Waals surface area contributed by atoms with Crippen LogP contribution in [0.25, 0.3) is 42.1 Å². The summed E-state index contributed by atoms with van der Waals surface area (Å²) in [6.45, 7) is 1.55. The van der Waals surface area contributed by atoms with E-state index in [2.05, 4.69) is 112 Å². The Labute approximate surface area is 210 Å². The molecule has 0 fully saturated rings. The zero-order valence-corrected chi connectivity index (χ0v) is 21.5. The van der Waals surface area contributed by atoms with Gasteiger partial charge in [-0.2, -0.15) is 0 Å². The highest BCUT2D eigenvalue weighted by atomic mass is 127. The van der Waals surface area contributed by atoms with Crippen LogP contribution < -0.4 is 4.74 Å². The number of aliphatic carboxylic acids is 1. The molecule has 1 aromatic heterocycles. The molecule has 0 bridgehead atoms. The van der Waals surface area contributed by atoms with Gasteiger partial charge in [0.25, 0.3) is 0 Å². The van der Waals surface area contributed by atoms with Crippen molar-refractivity contribution >= 4 is 93.4 Å². The van der Waals surface area contributed by atoms with Crippen LogP contribution in [-0.4, -0.2) is 17.2 Å². The predicted octanol–water partition coefficient (Wildman–Crippen LogP) is 7.94. The first kappa shape index (κ1) is 21.0. The number of hydrogen-bond acceptors (Lipinski definition) is 3. The monoisotopic (exact) mass is 650 g/mol. The van der Waals surface area contributed by atoms with E-state index in [0.717, 1.165) is 12.7 Å². The van der Waals surface area contributed by atoms with E-state index in [-0.39, 0.29) is 0 Å². The molecule has 154 valence electrons. The van der Waals surface area contributed by atoms with E-state index in [0.29, 0.717) is 5.75 Å². The maximum absolute atomic E-state index is 11.3. The highest BCUT2D eigenvalue weighted by Gasteiger charge is 2.20. The summed E-state index contributed by atoms with van der Waals surface area (Å²) in [5.41, 5.74) is 2.31. The highest BCUT2D eigenvalue weighted by Crippen LogP contribution is 2.45. The number of carbonyl (C=O) groups is 1. The Balaban J connectivity index is 1.82. The molecule has 0 radical (unpaired) electrons. The van der Waals surface area contributed by atoms with Gasteiger partial charge < -0.3 is 9.84 Å². The van der Waals surface area contributed by atoms with Crippen LogP contribution >= 0.6 is 56.5 Å². The van der Waals surface area contributed by atoms with Crippen molar-refractivity contribution in [1.82, 2.24) is 0 Å². The molecule has 0 saturated carbocycles. The number of fused-ring (bicyclic) bond motifs is 4. The van der Waals surface area contributed by atoms with Crippen LogP contribution in [0.1, 0.15) is 6.92 Å². The van der Waals surface area contributed by atoms with Gasteiger partial charge in [0.05, 0.1) is 7.14 Å². The molecule has 0 spiro atoms. The number of thiophene rings is 1. The highest BCUT2D eigenvalue weighted by molar-refractivity contribution is 14.1. The molecule has 1 atom stereocenters. The van der Waals surface area contributed by atoms with Gasteiger partial charge in [0, 0.05) is 20.2 Å². The van der Waals surface area contributed by atoms with Crippen LogP contribution in [0, 0.1) is 7.14 Å². The second-order valence-electron chi connectivity index (χ2n) is 7.31. The second-order valence-corrected chi connectivity index (χ2v) is 10.7. The van der Waals surface area contributed by atoms with Crippen molar-refractivity contribution in [3.8, 4) is 16.9 Å². The molecule has 1 heterocycles. The lowest BCUT2D eigenvalue weighted by Gasteiger charge is -2.16. The average molecular weight is 650 g/mol. The fraction of sp³-hybridized carbons (Fsp3) is 0.0800. The Morgan fingerprint density at radius 3 is 2.29 bits per heavy atom. The predicted molar refractivity (Wildman–Crippen MR) is 145 cm³/mol. The minimum atomic E-state index is -0.976. The van der Waals surface area contributed by atoms with Crippen molar-refractivity contribution in [3.05, 3.63) is 73.9 Å². The van der Waals surface area contributed by atoms with E-state index < -0.39 is 12.1 Å². The molecule has 1 N–H and O–H groups in total. The van der Waals surface area contributed by atoms with Gasteiger partial charge in [-0.05, 0) is 98.3 Å². The topological polar surface area (TPSA) is 46.5 Å². The van der Waals surface area contributed by atoms with Crippen LogP contribution in [0.4, 0.5) is 0 Å². The first-order valence-electron chi connectivity index (χ1n) is 9.66. The summed E-state index contributed by atoms with van der Waals surface area (Å²) in [5.74, 6) is -0.359. The van der Waals surface area contributed by atoms with Gasteiger partial charge in [0.2, 0.25) is 0 Å². The van der Waals surface area contributed by atoms with Crippen LogP contribution in [0.3, 0.4) is 0 Å². The second kappa shape index (κ2) is 8.22. The lowest BCUT2D eigenvalue weighted by molar-refractivity contribution is -0.144. The van der Waals surface area contributed by atoms with Crippen LogP contribution in [-0.2, 0) is 4.79 Å². The van der Waals surface area contributed by atoms with E-state index in [9.17, 15) is 9.90 Å². The van der Waals surface area contributed by atoms with Crippen molar-refractivity contribution in [2.24, 2.45) is 0 Å². The van der Waals surface area contributed by atoms with Gasteiger partial charge in [0.15, 0.2) is 6.10 Å². The number of carboxylic acid groups (broad SMARTS) is 1. The Morgan fingerprint density at radius 1 is 0.935 bits per heavy atom. The lowest BCUT2D eigenvalue weighted by Crippen LogP contribution is -2.23. The van der Waals surface area contributed by atoms with Crippen molar-refractivity contribution < 1.29 is 14.6 Å². The summed E-state index contributed by atoms with van der Waals surface area (Å²) >= 11 is 6.29. The number of halogens is 2. The number of carboxylic acids is 1. The quantitative estimate of drug-likeness (QED) is 0.201. The molecule has 4 aromatic carbocycles. The molecule has 0 aliphatic carbocycles. The number of ether oxygens (including phenoxy) is 1. The molecule has 5 aromatic rings. The zero-order chi connectivity index (χ0) is 21.7. The summed E-state index contributed by atoms with van der Waals surface area (Å²) in [6, 6.07) is 23.5. The van der Waals surface area contributed by atoms with Gasteiger partial charge in [-0.1, -0.05) is 42.5 Å². The molecular weight excluding hydrogens is 634 g/mol. The summed E-state index contributed by atoms with van der Waals surface area (Å²) in [6.07, 6.45) is -0.905. The molecule has 0 saturated heterocycles. The smallest absolute Gasteiger partial charge is 0.344 e. The van der Waals surface area contributed by atoms with Crippen molar-refractivity contribution in [3.63, 3.8) is 0 Å². The first-order valence-corrected chi connectivity index (χ1v) is 12.6. The fourth-order valence-corrected chi connectivity index (χ4v) is 7.08. The number of rotatable bonds is 4. The standard InChI is InChI=1S/C25H16I2O3S/c1-13(25(28)29)30-24-18(26)10-15(11-19(24)27)22-16-7-3-2-6-14(16)12-21-23(22)17-8-4-5-9-20(17)31-21/h2-13H,1H3,(H,28,29)/t13-/m1/s1. The van der Waals surface area contributed by atoms with E-state index in [4.69, 9.17) is 4.74 Å². The Bertz CT molecular complexity index is 1470. The Hall–Kier alpha value is -1.91. The zero-order valence-electron chi connectivity index (χ0n) is 16.4. The van der Waals surface area contributed by atoms with Gasteiger partial charge in [-0.25, -0.2) is 4.79 Å². The van der Waals surface area contributed by atoms with E-state index in [1.54, 1.807) is 6.92 Å². The Kier molecular flexibility index (Phi) is 5.56. The SMILES string of the molecule is C[C@@H](Oc1c(I)cc(-c2c3ccccc3cc3sc4ccccc4c23)cc1I)C(=O)O. The number of benzene rings is 4. The van der Waals surface area contributed by atoms with Crippen molar-refractivity contribution in [1.29, 1.82) is 0 Å². The molecule has 0 aliphatic heterocycles. The lowest BCUT2D eigenvalue weighted by atomic mass is 9.93. The van der Waals surface area contributed by atoms with Crippen molar-refractivity contribution in [2.45, 2.75) is 13.0 Å². The van der Waals surface area contributed by atoms with E-state index >= 15 is 0 Å². The summed E-state index contributed by atoms with van der Waals surface area (Å²) < 4.78 is 10.1. The molecule has 31 heavy (non-hydrogen) atoms. The van der Waals surface area contributed by atoms with Crippen LogP contribution in [0.2, 0.25) is 0 Å². The fourth-order valence-electron chi connectivity index (χ4n) is 3.89. The van der Waals surface area contributed by atoms with Gasteiger partial charge in [0.1, 0.15) is 5.75 Å². The van der Waals surface area contributed by atoms with Crippen LogP contribution in [0.15, 0.2) is 66.7 Å². The van der Waals surface area contributed by atoms with E-state index in [1.807, 2.05) is 11.3 Å². The molecule has 0 amide bonds. The minimum Gasteiger partial charge on any atom is -0.479 e. The third kappa shape index (κ3) is 3.68. The summed E-state index contributed by atoms with van der Waals surface area (Å²) in [7, 11) is 0. The molecule has 3 nitrogen and oxygen atoms in total. The largest absolute Gasteiger partial charge is 0.479 e. The van der Waals surface area contributed by atoms with Gasteiger partial charge >= 0.3 is 5.97 Å². The maximum atomic E-state index is 11.3. The van der Waals surface area contributed by atoms with Crippen molar-refractivity contribution in [2.75, 3.05) is 0 Å². The third-order valence-electron chi connectivity index (χ3n) is 5.32. The summed E-state index contributed by atoms with van der Waals surface area (Å²) in [4.78, 5) is 11.3. The maximum Gasteiger partial charge on any atom is 0.344 e. The Morgan fingerprint density at radius 2 is 1.58 bits per heavy atom. The first-order chi connectivity index (χ1) is 14.9.